The number of carbonyl (C=O) groups is 1. The number of aliphatic carboxylic acids is 1. The van der Waals surface area contributed by atoms with Gasteiger partial charge in [0.25, 0.3) is 0 Å². The van der Waals surface area contributed by atoms with Crippen molar-refractivity contribution in [2.75, 3.05) is 6.61 Å². The Morgan fingerprint density at radius 3 is 2.53 bits per heavy atom. The molecule has 1 aromatic carbocycles. The van der Waals surface area contributed by atoms with Crippen LogP contribution in [-0.4, -0.2) is 22.6 Å². The molecule has 0 aliphatic carbocycles. The van der Waals surface area contributed by atoms with Gasteiger partial charge in [0.2, 0.25) is 5.70 Å². The molecule has 1 aromatic rings. The second kappa shape index (κ2) is 5.64. The van der Waals surface area contributed by atoms with E-state index in [-0.39, 0.29) is 5.70 Å². The van der Waals surface area contributed by atoms with Crippen molar-refractivity contribution in [3.63, 3.8) is 0 Å². The highest BCUT2D eigenvalue weighted by Gasteiger charge is 2.02. The molecule has 0 saturated heterocycles. The number of carboxylic acid groups (broad SMARTS) is 1. The maximum Gasteiger partial charge on any atom is 0.341 e. The average Bonchev–Trinajstić information content (AvgIpc) is 2.28. The molecule has 0 amide bonds. The van der Waals surface area contributed by atoms with Gasteiger partial charge in [0.1, 0.15) is 5.75 Å². The summed E-state index contributed by atoms with van der Waals surface area (Å²) in [5.74, 6) is -0.651. The summed E-state index contributed by atoms with van der Waals surface area (Å²) >= 11 is 0. The Labute approximate surface area is 97.3 Å². The van der Waals surface area contributed by atoms with Gasteiger partial charge < -0.3 is 9.84 Å². The predicted octanol–water partition coefficient (Wildman–Crippen LogP) is 1.79. The third kappa shape index (κ3) is 4.33. The van der Waals surface area contributed by atoms with Gasteiger partial charge in [-0.2, -0.15) is 0 Å². The molecule has 1 N–H and O–H groups in total. The number of carboxylic acids is 1. The summed E-state index contributed by atoms with van der Waals surface area (Å²) in [5, 5.41) is 18.8. The monoisotopic (exact) mass is 237 g/mol. The lowest BCUT2D eigenvalue weighted by Crippen LogP contribution is -2.09. The van der Waals surface area contributed by atoms with Crippen LogP contribution in [0.3, 0.4) is 0 Å². The number of hydrogen-bond acceptors (Lipinski definition) is 4. The minimum atomic E-state index is -1.06. The molecule has 6 heteroatoms. The number of allylic oxidation sites excluding steroid dienone is 1. The van der Waals surface area contributed by atoms with Crippen LogP contribution in [0.15, 0.2) is 30.0 Å². The van der Waals surface area contributed by atoms with Crippen molar-refractivity contribution in [3.8, 4) is 5.75 Å². The Hall–Kier alpha value is -2.37. The fraction of sp³-hybridized carbons (Fsp3) is 0.182. The Morgan fingerprint density at radius 2 is 2.06 bits per heavy atom. The largest absolute Gasteiger partial charge is 0.482 e. The van der Waals surface area contributed by atoms with Gasteiger partial charge in [-0.1, -0.05) is 12.1 Å². The van der Waals surface area contributed by atoms with Crippen LogP contribution in [0, 0.1) is 10.1 Å². The summed E-state index contributed by atoms with van der Waals surface area (Å²) < 4.78 is 4.92. The fourth-order valence-electron chi connectivity index (χ4n) is 1.10. The van der Waals surface area contributed by atoms with Crippen LogP contribution < -0.4 is 4.74 Å². The molecule has 0 aliphatic rings. The van der Waals surface area contributed by atoms with Crippen molar-refractivity contribution in [1.82, 2.24) is 0 Å². The number of ether oxygens (including phenoxy) is 1. The van der Waals surface area contributed by atoms with E-state index in [9.17, 15) is 14.9 Å². The van der Waals surface area contributed by atoms with Crippen molar-refractivity contribution < 1.29 is 19.6 Å². The van der Waals surface area contributed by atoms with E-state index in [0.29, 0.717) is 11.3 Å². The van der Waals surface area contributed by atoms with Crippen LogP contribution in [0.2, 0.25) is 0 Å². The first-order valence-electron chi connectivity index (χ1n) is 4.76. The van der Waals surface area contributed by atoms with Gasteiger partial charge in [0, 0.05) is 13.0 Å². The van der Waals surface area contributed by atoms with Crippen molar-refractivity contribution in [2.24, 2.45) is 0 Å². The molecule has 0 aliphatic heterocycles. The molecular formula is C11H11NO5. The summed E-state index contributed by atoms with van der Waals surface area (Å²) in [7, 11) is 0. The number of nitrogens with zero attached hydrogens (tertiary/aromatic N) is 1. The maximum atomic E-state index is 10.4. The van der Waals surface area contributed by atoms with E-state index in [1.165, 1.54) is 13.0 Å². The number of benzene rings is 1. The smallest absolute Gasteiger partial charge is 0.341 e. The Bertz CT molecular complexity index is 449. The first kappa shape index (κ1) is 12.7. The highest BCUT2D eigenvalue weighted by molar-refractivity contribution is 5.68. The van der Waals surface area contributed by atoms with Crippen molar-refractivity contribution >= 4 is 12.0 Å². The third-order valence-electron chi connectivity index (χ3n) is 1.91. The van der Waals surface area contributed by atoms with Crippen LogP contribution in [0.4, 0.5) is 0 Å². The molecule has 0 aromatic heterocycles. The lowest BCUT2D eigenvalue weighted by Gasteiger charge is -2.02. The first-order chi connectivity index (χ1) is 7.99. The summed E-state index contributed by atoms with van der Waals surface area (Å²) in [6.45, 7) is 0.984. The molecule has 0 radical (unpaired) electrons. The summed E-state index contributed by atoms with van der Waals surface area (Å²) in [6, 6.07) is 6.35. The van der Waals surface area contributed by atoms with E-state index in [1.807, 2.05) is 0 Å². The molecule has 17 heavy (non-hydrogen) atoms. The Kier molecular flexibility index (Phi) is 4.21. The number of nitro groups is 1. The highest BCUT2D eigenvalue weighted by Crippen LogP contribution is 2.14. The second-order valence-electron chi connectivity index (χ2n) is 3.29. The van der Waals surface area contributed by atoms with Gasteiger partial charge in [-0.3, -0.25) is 10.1 Å². The zero-order valence-corrected chi connectivity index (χ0v) is 9.12. The molecule has 90 valence electrons. The lowest BCUT2D eigenvalue weighted by molar-refractivity contribution is -0.422. The van der Waals surface area contributed by atoms with Gasteiger partial charge in [-0.25, -0.2) is 4.79 Å². The molecule has 0 heterocycles. The van der Waals surface area contributed by atoms with Gasteiger partial charge in [0.05, 0.1) is 4.92 Å². The number of hydrogen-bond donors (Lipinski definition) is 1. The normalized spacial score (nSPS) is 11.0. The minimum absolute atomic E-state index is 0.0317. The quantitative estimate of drug-likeness (QED) is 0.622. The van der Waals surface area contributed by atoms with Gasteiger partial charge >= 0.3 is 5.97 Å². The van der Waals surface area contributed by atoms with Crippen molar-refractivity contribution in [3.05, 3.63) is 45.6 Å². The minimum Gasteiger partial charge on any atom is -0.482 e. The molecule has 0 spiro atoms. The molecule has 6 nitrogen and oxygen atoms in total. The second-order valence-corrected chi connectivity index (χ2v) is 3.29. The SMILES string of the molecule is C/C(=C\c1ccc(OCC(=O)O)cc1)[N+](=O)[O-]. The van der Waals surface area contributed by atoms with Crippen molar-refractivity contribution in [2.45, 2.75) is 6.92 Å². The van der Waals surface area contributed by atoms with Crippen LogP contribution in [0.25, 0.3) is 6.08 Å². The fourth-order valence-corrected chi connectivity index (χ4v) is 1.10. The highest BCUT2D eigenvalue weighted by atomic mass is 16.6. The molecule has 0 unspecified atom stereocenters. The predicted molar refractivity (Wildman–Crippen MR) is 60.2 cm³/mol. The van der Waals surface area contributed by atoms with E-state index >= 15 is 0 Å². The Morgan fingerprint density at radius 1 is 1.47 bits per heavy atom. The average molecular weight is 237 g/mol. The van der Waals surface area contributed by atoms with E-state index in [0.717, 1.165) is 0 Å². The Balaban J connectivity index is 2.71. The summed E-state index contributed by atoms with van der Waals surface area (Å²) in [5.41, 5.74) is 0.686. The molecule has 0 bridgehead atoms. The molecule has 0 saturated carbocycles. The van der Waals surface area contributed by atoms with E-state index in [4.69, 9.17) is 9.84 Å². The topological polar surface area (TPSA) is 89.7 Å². The molecule has 1 rings (SSSR count). The third-order valence-corrected chi connectivity index (χ3v) is 1.91. The first-order valence-corrected chi connectivity index (χ1v) is 4.76. The summed E-state index contributed by atoms with van der Waals surface area (Å²) in [6.07, 6.45) is 1.42. The van der Waals surface area contributed by atoms with Gasteiger partial charge in [-0.05, 0) is 17.7 Å². The zero-order valence-electron chi connectivity index (χ0n) is 9.12. The van der Waals surface area contributed by atoms with Crippen LogP contribution in [0.1, 0.15) is 12.5 Å². The van der Waals surface area contributed by atoms with Gasteiger partial charge in [-0.15, -0.1) is 0 Å². The van der Waals surface area contributed by atoms with Crippen LogP contribution in [0.5, 0.6) is 5.75 Å². The van der Waals surface area contributed by atoms with Crippen LogP contribution in [-0.2, 0) is 4.79 Å². The van der Waals surface area contributed by atoms with E-state index in [2.05, 4.69) is 0 Å². The lowest BCUT2D eigenvalue weighted by atomic mass is 10.2. The molecule has 0 fully saturated rings. The van der Waals surface area contributed by atoms with Crippen LogP contribution >= 0.6 is 0 Å². The number of rotatable bonds is 5. The summed E-state index contributed by atoms with van der Waals surface area (Å²) in [4.78, 5) is 20.2. The van der Waals surface area contributed by atoms with Crippen molar-refractivity contribution in [1.29, 1.82) is 0 Å². The zero-order chi connectivity index (χ0) is 12.8. The maximum absolute atomic E-state index is 10.4. The van der Waals surface area contributed by atoms with E-state index < -0.39 is 17.5 Å². The molecule has 0 atom stereocenters. The van der Waals surface area contributed by atoms with E-state index in [1.54, 1.807) is 24.3 Å². The standard InChI is InChI=1S/C11H11NO5/c1-8(12(15)16)6-9-2-4-10(5-3-9)17-7-11(13)14/h2-6H,7H2,1H3,(H,13,14)/b8-6+. The molecular weight excluding hydrogens is 226 g/mol. The van der Waals surface area contributed by atoms with Gasteiger partial charge in [0.15, 0.2) is 6.61 Å².